The lowest BCUT2D eigenvalue weighted by atomic mass is 9.93. The first kappa shape index (κ1) is 30.2. The predicted octanol–water partition coefficient (Wildman–Crippen LogP) is 13.6. The molecule has 3 heterocycles. The molecular formula is C47H32N2S2. The van der Waals surface area contributed by atoms with Gasteiger partial charge in [-0.25, -0.2) is 9.97 Å². The average molecular weight is 689 g/mol. The molecule has 0 radical (unpaired) electrons. The number of nitrogens with zero attached hydrogens (tertiary/aromatic N) is 2. The molecule has 1 aliphatic rings. The molecule has 4 heteroatoms. The van der Waals surface area contributed by atoms with Crippen molar-refractivity contribution in [2.45, 2.75) is 13.3 Å². The van der Waals surface area contributed by atoms with Crippen LogP contribution in [0.4, 0.5) is 0 Å². The topological polar surface area (TPSA) is 25.8 Å². The number of allylic oxidation sites excluding steroid dienone is 1. The largest absolute Gasteiger partial charge is 0.228 e. The predicted molar refractivity (Wildman–Crippen MR) is 219 cm³/mol. The van der Waals surface area contributed by atoms with Gasteiger partial charge in [0.1, 0.15) is 0 Å². The van der Waals surface area contributed by atoms with Crippen LogP contribution in [-0.2, 0) is 6.42 Å². The molecule has 0 saturated carbocycles. The second-order valence-corrected chi connectivity index (χ2v) is 15.6. The van der Waals surface area contributed by atoms with Gasteiger partial charge < -0.3 is 0 Å². The lowest BCUT2D eigenvalue weighted by Crippen LogP contribution is -2.00. The zero-order valence-electron chi connectivity index (χ0n) is 28.0. The molecule has 1 atom stereocenters. The third-order valence-electron chi connectivity index (χ3n) is 10.1. The van der Waals surface area contributed by atoms with Crippen molar-refractivity contribution in [3.63, 3.8) is 0 Å². The van der Waals surface area contributed by atoms with Crippen molar-refractivity contribution >= 4 is 59.0 Å². The maximum Gasteiger partial charge on any atom is 0.161 e. The first-order valence-electron chi connectivity index (χ1n) is 17.5. The smallest absolute Gasteiger partial charge is 0.161 e. The number of fused-ring (bicyclic) bond motifs is 6. The summed E-state index contributed by atoms with van der Waals surface area (Å²) in [5, 5.41) is 3.95. The van der Waals surface area contributed by atoms with Crippen molar-refractivity contribution in [2.24, 2.45) is 5.92 Å². The van der Waals surface area contributed by atoms with Crippen molar-refractivity contribution in [3.05, 3.63) is 162 Å². The van der Waals surface area contributed by atoms with Gasteiger partial charge in [0, 0.05) is 46.4 Å². The standard InChI is InChI=1S/C47H32N2S2/c1-29-18-25-44-40(26-29)36-24-23-33(27-45(36)50-44)30-19-21-32(22-20-30)41-28-42(39-16-9-15-37-35-13-7-8-17-43(35)51-46(37)39)49-47(48-41)38-14-6-5-12-34(38)31-10-3-2-4-11-31/h2-25,27-29H,26H2,1H3. The molecule has 0 saturated heterocycles. The summed E-state index contributed by atoms with van der Waals surface area (Å²) < 4.78 is 3.89. The molecule has 2 nitrogen and oxygen atoms in total. The van der Waals surface area contributed by atoms with Crippen LogP contribution in [0.1, 0.15) is 17.4 Å². The fourth-order valence-corrected chi connectivity index (χ4v) is 9.93. The van der Waals surface area contributed by atoms with Gasteiger partial charge in [0.15, 0.2) is 5.82 Å². The molecule has 51 heavy (non-hydrogen) atoms. The molecule has 6 aromatic carbocycles. The Morgan fingerprint density at radius 3 is 2.10 bits per heavy atom. The van der Waals surface area contributed by atoms with E-state index in [9.17, 15) is 0 Å². The van der Waals surface area contributed by atoms with Crippen LogP contribution in [0.2, 0.25) is 0 Å². The number of aromatic nitrogens is 2. The highest BCUT2D eigenvalue weighted by atomic mass is 32.1. The Bertz CT molecular complexity index is 2790. The highest BCUT2D eigenvalue weighted by molar-refractivity contribution is 7.26. The van der Waals surface area contributed by atoms with Crippen LogP contribution in [0.15, 0.2) is 152 Å². The molecule has 10 rings (SSSR count). The van der Waals surface area contributed by atoms with Gasteiger partial charge in [-0.15, -0.1) is 22.7 Å². The lowest BCUT2D eigenvalue weighted by Gasteiger charge is -2.13. The minimum atomic E-state index is 0.593. The molecule has 0 N–H and O–H groups in total. The molecule has 3 aromatic heterocycles. The Balaban J connectivity index is 1.11. The summed E-state index contributed by atoms with van der Waals surface area (Å²) in [4.78, 5) is 12.0. The highest BCUT2D eigenvalue weighted by Gasteiger charge is 2.19. The van der Waals surface area contributed by atoms with Crippen LogP contribution >= 0.6 is 22.7 Å². The van der Waals surface area contributed by atoms with Gasteiger partial charge in [0.05, 0.1) is 11.4 Å². The minimum Gasteiger partial charge on any atom is -0.228 e. The normalized spacial score (nSPS) is 14.0. The van der Waals surface area contributed by atoms with Gasteiger partial charge in [0.2, 0.25) is 0 Å². The van der Waals surface area contributed by atoms with Gasteiger partial charge in [0.25, 0.3) is 0 Å². The molecule has 1 aliphatic carbocycles. The summed E-state index contributed by atoms with van der Waals surface area (Å²) in [6.45, 7) is 2.30. The van der Waals surface area contributed by atoms with Crippen LogP contribution < -0.4 is 0 Å². The molecule has 1 unspecified atom stereocenters. The third-order valence-corrected chi connectivity index (χ3v) is 12.5. The van der Waals surface area contributed by atoms with Crippen LogP contribution in [0.25, 0.3) is 92.5 Å². The van der Waals surface area contributed by atoms with Gasteiger partial charge >= 0.3 is 0 Å². The van der Waals surface area contributed by atoms with Gasteiger partial charge in [-0.2, -0.15) is 0 Å². The molecule has 0 aliphatic heterocycles. The Labute approximate surface area is 305 Å². The summed E-state index contributed by atoms with van der Waals surface area (Å²) in [6, 6.07) is 52.3. The molecule has 0 spiro atoms. The Kier molecular flexibility index (Phi) is 7.26. The van der Waals surface area contributed by atoms with Crippen molar-refractivity contribution < 1.29 is 0 Å². The van der Waals surface area contributed by atoms with Crippen molar-refractivity contribution in [3.8, 4) is 56.2 Å². The van der Waals surface area contributed by atoms with Crippen LogP contribution in [0, 0.1) is 5.92 Å². The van der Waals surface area contributed by atoms with Crippen LogP contribution in [0.5, 0.6) is 0 Å². The number of thiophene rings is 2. The number of hydrogen-bond acceptors (Lipinski definition) is 4. The third kappa shape index (κ3) is 5.31. The minimum absolute atomic E-state index is 0.593. The first-order chi connectivity index (χ1) is 25.2. The van der Waals surface area contributed by atoms with E-state index in [0.717, 1.165) is 51.5 Å². The zero-order chi connectivity index (χ0) is 33.9. The van der Waals surface area contributed by atoms with E-state index in [4.69, 9.17) is 9.97 Å². The van der Waals surface area contributed by atoms with Crippen molar-refractivity contribution in [1.82, 2.24) is 9.97 Å². The van der Waals surface area contributed by atoms with Gasteiger partial charge in [-0.3, -0.25) is 0 Å². The molecule has 0 fully saturated rings. The second-order valence-electron chi connectivity index (χ2n) is 13.4. The van der Waals surface area contributed by atoms with E-state index in [-0.39, 0.29) is 0 Å². The lowest BCUT2D eigenvalue weighted by molar-refractivity contribution is 0.724. The maximum atomic E-state index is 5.32. The van der Waals surface area contributed by atoms with E-state index < -0.39 is 0 Å². The highest BCUT2D eigenvalue weighted by Crippen LogP contribution is 2.42. The van der Waals surface area contributed by atoms with Gasteiger partial charge in [-0.05, 0) is 69.8 Å². The van der Waals surface area contributed by atoms with E-state index in [1.807, 2.05) is 22.7 Å². The van der Waals surface area contributed by atoms with E-state index in [1.165, 1.54) is 51.8 Å². The van der Waals surface area contributed by atoms with Crippen molar-refractivity contribution in [1.29, 1.82) is 0 Å². The number of benzene rings is 6. The Morgan fingerprint density at radius 2 is 1.22 bits per heavy atom. The Morgan fingerprint density at radius 1 is 0.510 bits per heavy atom. The molecule has 9 aromatic rings. The average Bonchev–Trinajstić information content (AvgIpc) is 3.76. The fraction of sp³-hybridized carbons (Fsp3) is 0.0638. The SMILES string of the molecule is CC1C=Cc2sc3cc(-c4ccc(-c5cc(-c6cccc7c6sc6ccccc67)nc(-c6ccccc6-c6ccccc6)n5)cc4)ccc3c2C1. The van der Waals surface area contributed by atoms with E-state index in [2.05, 4.69) is 165 Å². The zero-order valence-corrected chi connectivity index (χ0v) is 29.6. The van der Waals surface area contributed by atoms with E-state index in [0.29, 0.717) is 5.92 Å². The summed E-state index contributed by atoms with van der Waals surface area (Å²) in [6.07, 6.45) is 5.77. The fourth-order valence-electron chi connectivity index (χ4n) is 7.52. The summed E-state index contributed by atoms with van der Waals surface area (Å²) in [7, 11) is 0. The van der Waals surface area contributed by atoms with E-state index >= 15 is 0 Å². The van der Waals surface area contributed by atoms with Crippen molar-refractivity contribution in [2.75, 3.05) is 0 Å². The summed E-state index contributed by atoms with van der Waals surface area (Å²) in [5.74, 6) is 1.31. The maximum absolute atomic E-state index is 5.32. The monoisotopic (exact) mass is 688 g/mol. The van der Waals surface area contributed by atoms with Gasteiger partial charge in [-0.1, -0.05) is 140 Å². The number of hydrogen-bond donors (Lipinski definition) is 0. The van der Waals surface area contributed by atoms with Crippen LogP contribution in [-0.4, -0.2) is 9.97 Å². The quantitative estimate of drug-likeness (QED) is 0.180. The molecular weight excluding hydrogens is 657 g/mol. The molecule has 0 amide bonds. The number of rotatable bonds is 5. The first-order valence-corrected chi connectivity index (χ1v) is 19.1. The molecule has 242 valence electrons. The second kappa shape index (κ2) is 12.3. The van der Waals surface area contributed by atoms with Crippen LogP contribution in [0.3, 0.4) is 0 Å². The summed E-state index contributed by atoms with van der Waals surface area (Å²) >= 11 is 3.74. The molecule has 0 bridgehead atoms. The Hall–Kier alpha value is -5.68. The summed E-state index contributed by atoms with van der Waals surface area (Å²) in [5.41, 5.74) is 11.3. The van der Waals surface area contributed by atoms with E-state index in [1.54, 1.807) is 0 Å².